The van der Waals surface area contributed by atoms with E-state index in [4.69, 9.17) is 16.3 Å². The number of carbonyl (C=O) groups is 1. The molecule has 0 saturated carbocycles. The highest BCUT2D eigenvalue weighted by Crippen LogP contribution is 2.21. The maximum absolute atomic E-state index is 12.1. The molecular weight excluding hydrogens is 348 g/mol. The maximum atomic E-state index is 12.1. The fraction of sp³-hybridized carbons (Fsp3) is 0.333. The van der Waals surface area contributed by atoms with Crippen molar-refractivity contribution in [1.82, 2.24) is 5.43 Å². The number of nitrogens with zero attached hydrogens (tertiary/aromatic N) is 1. The smallest absolute Gasteiger partial charge is 0.271 e. The topological polar surface area (TPSA) is 50.7 Å². The van der Waals surface area contributed by atoms with Crippen LogP contribution in [-0.4, -0.2) is 12.1 Å². The molecule has 0 heterocycles. The summed E-state index contributed by atoms with van der Waals surface area (Å²) in [7, 11) is 0. The second kappa shape index (κ2) is 9.97. The van der Waals surface area contributed by atoms with E-state index >= 15 is 0 Å². The number of halogens is 1. The molecule has 0 saturated heterocycles. The summed E-state index contributed by atoms with van der Waals surface area (Å²) in [6, 6.07) is 12.9. The van der Waals surface area contributed by atoms with Gasteiger partial charge in [-0.3, -0.25) is 4.79 Å². The number of benzene rings is 2. The molecule has 2 aromatic carbocycles. The Bertz CT molecular complexity index is 753. The van der Waals surface area contributed by atoms with Crippen molar-refractivity contribution in [3.8, 4) is 5.75 Å². The average Bonchev–Trinajstić information content (AvgIpc) is 2.66. The highest BCUT2D eigenvalue weighted by atomic mass is 35.5. The van der Waals surface area contributed by atoms with E-state index in [2.05, 4.69) is 24.4 Å². The number of hydrogen-bond donors (Lipinski definition) is 1. The first-order valence-electron chi connectivity index (χ1n) is 8.84. The van der Waals surface area contributed by atoms with E-state index in [0.29, 0.717) is 18.1 Å². The van der Waals surface area contributed by atoms with Crippen molar-refractivity contribution in [2.75, 3.05) is 0 Å². The largest absolute Gasteiger partial charge is 0.489 e. The van der Waals surface area contributed by atoms with E-state index in [9.17, 15) is 4.79 Å². The number of carbonyl (C=O) groups excluding carboxylic acids is 1. The van der Waals surface area contributed by atoms with Gasteiger partial charge in [-0.05, 0) is 67.1 Å². The molecule has 1 N–H and O–H groups in total. The van der Waals surface area contributed by atoms with Gasteiger partial charge in [0.15, 0.2) is 0 Å². The van der Waals surface area contributed by atoms with Gasteiger partial charge in [0.2, 0.25) is 0 Å². The Balaban J connectivity index is 1.88. The zero-order valence-electron chi connectivity index (χ0n) is 15.5. The molecule has 0 spiro atoms. The van der Waals surface area contributed by atoms with Crippen molar-refractivity contribution in [3.05, 3.63) is 64.2 Å². The predicted molar refractivity (Wildman–Crippen MR) is 107 cm³/mol. The van der Waals surface area contributed by atoms with Gasteiger partial charge in [0.1, 0.15) is 12.4 Å². The zero-order chi connectivity index (χ0) is 18.9. The fourth-order valence-electron chi connectivity index (χ4n) is 2.39. The normalized spacial score (nSPS) is 11.1. The third kappa shape index (κ3) is 5.88. The minimum absolute atomic E-state index is 0.215. The summed E-state index contributed by atoms with van der Waals surface area (Å²) in [6.45, 7) is 6.58. The highest BCUT2D eigenvalue weighted by molar-refractivity contribution is 6.31. The SMILES string of the molecule is CCC(/C=N\NC(=O)c1ccc(COc2ccc(Cl)c(C)c2)cc1)CC. The molecule has 26 heavy (non-hydrogen) atoms. The Morgan fingerprint density at radius 2 is 1.88 bits per heavy atom. The second-order valence-electron chi connectivity index (χ2n) is 6.19. The van der Waals surface area contributed by atoms with Gasteiger partial charge in [-0.25, -0.2) is 5.43 Å². The third-order valence-corrected chi connectivity index (χ3v) is 4.68. The van der Waals surface area contributed by atoms with Crippen LogP contribution in [0.15, 0.2) is 47.6 Å². The molecule has 0 aromatic heterocycles. The summed E-state index contributed by atoms with van der Waals surface area (Å²) in [5, 5.41) is 4.77. The lowest BCUT2D eigenvalue weighted by Crippen LogP contribution is -2.18. The summed E-state index contributed by atoms with van der Waals surface area (Å²) < 4.78 is 5.76. The summed E-state index contributed by atoms with van der Waals surface area (Å²) in [6.07, 6.45) is 3.82. The van der Waals surface area contributed by atoms with Gasteiger partial charge in [0.05, 0.1) is 0 Å². The molecule has 0 fully saturated rings. The molecular formula is C21H25ClN2O2. The monoisotopic (exact) mass is 372 g/mol. The predicted octanol–water partition coefficient (Wildman–Crippen LogP) is 5.38. The van der Waals surface area contributed by atoms with Crippen molar-refractivity contribution < 1.29 is 9.53 Å². The van der Waals surface area contributed by atoms with Crippen molar-refractivity contribution in [1.29, 1.82) is 0 Å². The number of nitrogens with one attached hydrogen (secondary N) is 1. The average molecular weight is 373 g/mol. The first-order chi connectivity index (χ1) is 12.5. The summed E-state index contributed by atoms with van der Waals surface area (Å²) in [4.78, 5) is 12.1. The summed E-state index contributed by atoms with van der Waals surface area (Å²) in [5.41, 5.74) is 5.10. The van der Waals surface area contributed by atoms with Gasteiger partial charge in [-0.15, -0.1) is 0 Å². The van der Waals surface area contributed by atoms with Crippen LogP contribution < -0.4 is 10.2 Å². The van der Waals surface area contributed by atoms with E-state index in [-0.39, 0.29) is 5.91 Å². The van der Waals surface area contributed by atoms with Crippen LogP contribution in [0.1, 0.15) is 48.2 Å². The first kappa shape index (κ1) is 20.0. The number of ether oxygens (including phenoxy) is 1. The molecule has 0 aliphatic heterocycles. The van der Waals surface area contributed by atoms with Gasteiger partial charge in [-0.1, -0.05) is 37.6 Å². The van der Waals surface area contributed by atoms with Crippen LogP contribution in [0.5, 0.6) is 5.75 Å². The van der Waals surface area contributed by atoms with Gasteiger partial charge < -0.3 is 4.74 Å². The lowest BCUT2D eigenvalue weighted by molar-refractivity contribution is 0.0955. The standard InChI is InChI=1S/C21H25ClN2O2/c1-4-16(5-2)13-23-24-21(25)18-8-6-17(7-9-18)14-26-19-10-11-20(22)15(3)12-19/h6-13,16H,4-5,14H2,1-3H3,(H,24,25)/b23-13-. The molecule has 2 aromatic rings. The molecule has 0 atom stereocenters. The lowest BCUT2D eigenvalue weighted by atomic mass is 10.1. The Kier molecular flexibility index (Phi) is 7.67. The summed E-state index contributed by atoms with van der Waals surface area (Å²) in [5.74, 6) is 0.948. The molecule has 0 aliphatic carbocycles. The van der Waals surface area contributed by atoms with Crippen molar-refractivity contribution in [3.63, 3.8) is 0 Å². The quantitative estimate of drug-likeness (QED) is 0.499. The van der Waals surface area contributed by atoms with E-state index in [1.807, 2.05) is 37.3 Å². The minimum atomic E-state index is -0.215. The molecule has 0 bridgehead atoms. The van der Waals surface area contributed by atoms with Crippen LogP contribution in [0.3, 0.4) is 0 Å². The lowest BCUT2D eigenvalue weighted by Gasteiger charge is -2.08. The molecule has 2 rings (SSSR count). The number of rotatable bonds is 8. The number of hydrazone groups is 1. The third-order valence-electron chi connectivity index (χ3n) is 4.25. The minimum Gasteiger partial charge on any atom is -0.489 e. The molecule has 5 heteroatoms. The van der Waals surface area contributed by atoms with Gasteiger partial charge >= 0.3 is 0 Å². The van der Waals surface area contributed by atoms with Crippen molar-refractivity contribution >= 4 is 23.7 Å². The number of amides is 1. The Labute approximate surface area is 160 Å². The van der Waals surface area contributed by atoms with Crippen LogP contribution >= 0.6 is 11.6 Å². The van der Waals surface area contributed by atoms with Gasteiger partial charge in [0, 0.05) is 16.8 Å². The van der Waals surface area contributed by atoms with Crippen LogP contribution in [0.2, 0.25) is 5.02 Å². The van der Waals surface area contributed by atoms with Crippen LogP contribution in [0.4, 0.5) is 0 Å². The highest BCUT2D eigenvalue weighted by Gasteiger charge is 2.05. The molecule has 4 nitrogen and oxygen atoms in total. The van der Waals surface area contributed by atoms with Crippen molar-refractivity contribution in [2.45, 2.75) is 40.2 Å². The Hall–Kier alpha value is -2.33. The first-order valence-corrected chi connectivity index (χ1v) is 9.22. The summed E-state index contributed by atoms with van der Waals surface area (Å²) >= 11 is 6.01. The van der Waals surface area contributed by atoms with Gasteiger partial charge in [-0.2, -0.15) is 5.10 Å². The van der Waals surface area contributed by atoms with Gasteiger partial charge in [0.25, 0.3) is 5.91 Å². The molecule has 138 valence electrons. The second-order valence-corrected chi connectivity index (χ2v) is 6.60. The zero-order valence-corrected chi connectivity index (χ0v) is 16.2. The van der Waals surface area contributed by atoms with E-state index < -0.39 is 0 Å². The molecule has 0 unspecified atom stereocenters. The van der Waals surface area contributed by atoms with E-state index in [1.54, 1.807) is 18.3 Å². The molecule has 0 aliphatic rings. The van der Waals surface area contributed by atoms with E-state index in [1.165, 1.54) is 0 Å². The van der Waals surface area contributed by atoms with Crippen LogP contribution in [0, 0.1) is 12.8 Å². The van der Waals surface area contributed by atoms with Crippen LogP contribution in [0.25, 0.3) is 0 Å². The maximum Gasteiger partial charge on any atom is 0.271 e. The van der Waals surface area contributed by atoms with Crippen molar-refractivity contribution in [2.24, 2.45) is 11.0 Å². The number of aryl methyl sites for hydroxylation is 1. The fourth-order valence-corrected chi connectivity index (χ4v) is 2.51. The molecule has 0 radical (unpaired) electrons. The molecule has 1 amide bonds. The number of hydrogen-bond acceptors (Lipinski definition) is 3. The van der Waals surface area contributed by atoms with E-state index in [0.717, 1.165) is 34.7 Å². The Morgan fingerprint density at radius 1 is 1.19 bits per heavy atom. The van der Waals surface area contributed by atoms with Crippen LogP contribution in [-0.2, 0) is 6.61 Å². The Morgan fingerprint density at radius 3 is 2.50 bits per heavy atom.